The first kappa shape index (κ1) is 11.9. The maximum absolute atomic E-state index is 8.82. The van der Waals surface area contributed by atoms with Crippen molar-refractivity contribution in [2.45, 2.75) is 6.42 Å². The lowest BCUT2D eigenvalue weighted by atomic mass is 10.2. The fourth-order valence-corrected chi connectivity index (χ4v) is 1.54. The summed E-state index contributed by atoms with van der Waals surface area (Å²) in [5, 5.41) is 12.0. The molecule has 0 saturated carbocycles. The van der Waals surface area contributed by atoms with Crippen molar-refractivity contribution in [1.29, 1.82) is 5.26 Å². The average molecular weight is 239 g/mol. The van der Waals surface area contributed by atoms with Crippen molar-refractivity contribution in [3.05, 3.63) is 47.9 Å². The number of rotatable bonds is 4. The second-order valence-corrected chi connectivity index (χ2v) is 3.78. The first-order chi connectivity index (χ1) is 8.79. The van der Waals surface area contributed by atoms with Gasteiger partial charge in [0.25, 0.3) is 0 Å². The summed E-state index contributed by atoms with van der Waals surface area (Å²) in [5.74, 6) is 0.657. The highest BCUT2D eigenvalue weighted by molar-refractivity contribution is 5.54. The minimum absolute atomic E-state index is 0.251. The molecule has 3 N–H and O–H groups in total. The van der Waals surface area contributed by atoms with Crippen molar-refractivity contribution >= 4 is 11.5 Å². The smallest absolute Gasteiger partial charge is 0.165 e. The van der Waals surface area contributed by atoms with Crippen LogP contribution in [0.4, 0.5) is 11.5 Å². The highest BCUT2D eigenvalue weighted by Gasteiger charge is 2.01. The zero-order valence-corrected chi connectivity index (χ0v) is 9.80. The van der Waals surface area contributed by atoms with Gasteiger partial charge in [-0.1, -0.05) is 6.07 Å². The van der Waals surface area contributed by atoms with Crippen molar-refractivity contribution in [1.82, 2.24) is 9.97 Å². The van der Waals surface area contributed by atoms with Crippen LogP contribution in [0.1, 0.15) is 11.3 Å². The molecule has 18 heavy (non-hydrogen) atoms. The Bertz CT molecular complexity index is 559. The molecule has 0 spiro atoms. The van der Waals surface area contributed by atoms with Crippen LogP contribution in [0.15, 0.2) is 36.7 Å². The maximum Gasteiger partial charge on any atom is 0.165 e. The fourth-order valence-electron chi connectivity index (χ4n) is 1.54. The van der Waals surface area contributed by atoms with Crippen LogP contribution in [0.2, 0.25) is 0 Å². The lowest BCUT2D eigenvalue weighted by Gasteiger charge is -2.06. The molecule has 5 heteroatoms. The van der Waals surface area contributed by atoms with Crippen molar-refractivity contribution in [2.75, 3.05) is 17.6 Å². The molecule has 0 radical (unpaired) electrons. The number of nitrogens with two attached hydrogens (primary N) is 1. The second kappa shape index (κ2) is 5.64. The predicted octanol–water partition coefficient (Wildman–Crippen LogP) is 1.59. The Balaban J connectivity index is 1.93. The van der Waals surface area contributed by atoms with Crippen LogP contribution in [0.3, 0.4) is 0 Å². The Morgan fingerprint density at radius 1 is 1.33 bits per heavy atom. The standard InChI is InChI=1S/C13H13N5/c14-8-12-11(15)3-4-13(18-12)17-7-5-10-2-1-6-16-9-10/h1-4,6,9H,5,7,15H2,(H,17,18). The van der Waals surface area contributed by atoms with E-state index in [0.717, 1.165) is 18.5 Å². The quantitative estimate of drug-likeness (QED) is 0.845. The van der Waals surface area contributed by atoms with Gasteiger partial charge in [0, 0.05) is 18.9 Å². The number of hydrogen-bond donors (Lipinski definition) is 2. The van der Waals surface area contributed by atoms with Gasteiger partial charge in [-0.2, -0.15) is 5.26 Å². The molecule has 2 aromatic rings. The number of nitrogens with zero attached hydrogens (tertiary/aromatic N) is 3. The Morgan fingerprint density at radius 3 is 2.94 bits per heavy atom. The van der Waals surface area contributed by atoms with E-state index in [1.165, 1.54) is 0 Å². The van der Waals surface area contributed by atoms with Gasteiger partial charge >= 0.3 is 0 Å². The van der Waals surface area contributed by atoms with Crippen LogP contribution in [-0.4, -0.2) is 16.5 Å². The topological polar surface area (TPSA) is 87.6 Å². The van der Waals surface area contributed by atoms with E-state index in [-0.39, 0.29) is 5.69 Å². The SMILES string of the molecule is N#Cc1nc(NCCc2cccnc2)ccc1N. The summed E-state index contributed by atoms with van der Waals surface area (Å²) in [6, 6.07) is 9.33. The van der Waals surface area contributed by atoms with Crippen molar-refractivity contribution in [3.8, 4) is 6.07 Å². The van der Waals surface area contributed by atoms with Gasteiger partial charge in [-0.15, -0.1) is 0 Å². The highest BCUT2D eigenvalue weighted by atomic mass is 15.0. The summed E-state index contributed by atoms with van der Waals surface area (Å²) >= 11 is 0. The molecule has 0 atom stereocenters. The largest absolute Gasteiger partial charge is 0.396 e. The third kappa shape index (κ3) is 2.95. The molecule has 0 bridgehead atoms. The molecule has 0 aliphatic heterocycles. The lowest BCUT2D eigenvalue weighted by molar-refractivity contribution is 0.993. The van der Waals surface area contributed by atoms with Gasteiger partial charge in [-0.3, -0.25) is 4.98 Å². The number of aromatic nitrogens is 2. The first-order valence-corrected chi connectivity index (χ1v) is 5.59. The minimum Gasteiger partial charge on any atom is -0.396 e. The van der Waals surface area contributed by atoms with E-state index in [9.17, 15) is 0 Å². The van der Waals surface area contributed by atoms with Gasteiger partial charge in [-0.05, 0) is 30.2 Å². The molecule has 0 amide bonds. The number of nitrogen functional groups attached to an aromatic ring is 1. The van der Waals surface area contributed by atoms with Crippen molar-refractivity contribution in [2.24, 2.45) is 0 Å². The average Bonchev–Trinajstić information content (AvgIpc) is 2.42. The van der Waals surface area contributed by atoms with Crippen LogP contribution < -0.4 is 11.1 Å². The van der Waals surface area contributed by atoms with Gasteiger partial charge in [0.2, 0.25) is 0 Å². The number of anilines is 2. The lowest BCUT2D eigenvalue weighted by Crippen LogP contribution is -2.07. The zero-order chi connectivity index (χ0) is 12.8. The van der Waals surface area contributed by atoms with Crippen molar-refractivity contribution in [3.63, 3.8) is 0 Å². The monoisotopic (exact) mass is 239 g/mol. The number of pyridine rings is 2. The molecule has 0 unspecified atom stereocenters. The molecule has 90 valence electrons. The molecule has 0 aliphatic carbocycles. The molecule has 2 heterocycles. The minimum atomic E-state index is 0.251. The number of hydrogen-bond acceptors (Lipinski definition) is 5. The summed E-state index contributed by atoms with van der Waals surface area (Å²) in [4.78, 5) is 8.16. The molecule has 0 aromatic carbocycles. The Kier molecular flexibility index (Phi) is 3.72. The molecule has 5 nitrogen and oxygen atoms in total. The van der Waals surface area contributed by atoms with Gasteiger partial charge in [0.05, 0.1) is 5.69 Å². The van der Waals surface area contributed by atoms with E-state index < -0.39 is 0 Å². The number of nitriles is 1. The third-order valence-corrected chi connectivity index (χ3v) is 2.47. The van der Waals surface area contributed by atoms with E-state index in [4.69, 9.17) is 11.0 Å². The van der Waals surface area contributed by atoms with E-state index >= 15 is 0 Å². The fraction of sp³-hybridized carbons (Fsp3) is 0.154. The maximum atomic E-state index is 8.82. The molecule has 0 fully saturated rings. The van der Waals surface area contributed by atoms with E-state index in [0.29, 0.717) is 11.5 Å². The normalized spacial score (nSPS) is 9.72. The van der Waals surface area contributed by atoms with Crippen LogP contribution in [0.25, 0.3) is 0 Å². The Morgan fingerprint density at radius 2 is 2.22 bits per heavy atom. The summed E-state index contributed by atoms with van der Waals surface area (Å²) in [6.07, 6.45) is 4.43. The zero-order valence-electron chi connectivity index (χ0n) is 9.80. The molecule has 0 saturated heterocycles. The number of nitrogens with one attached hydrogen (secondary N) is 1. The third-order valence-electron chi connectivity index (χ3n) is 2.47. The molecular formula is C13H13N5. The Hall–Kier alpha value is -2.61. The molecular weight excluding hydrogens is 226 g/mol. The summed E-state index contributed by atoms with van der Waals surface area (Å²) in [5.41, 5.74) is 7.40. The second-order valence-electron chi connectivity index (χ2n) is 3.78. The van der Waals surface area contributed by atoms with Crippen LogP contribution in [-0.2, 0) is 6.42 Å². The van der Waals surface area contributed by atoms with E-state index in [1.807, 2.05) is 24.4 Å². The van der Waals surface area contributed by atoms with E-state index in [1.54, 1.807) is 18.3 Å². The highest BCUT2D eigenvalue weighted by Crippen LogP contribution is 2.12. The summed E-state index contributed by atoms with van der Waals surface area (Å²) in [7, 11) is 0. The van der Waals surface area contributed by atoms with Crippen LogP contribution in [0.5, 0.6) is 0 Å². The molecule has 2 aromatic heterocycles. The summed E-state index contributed by atoms with van der Waals surface area (Å²) in [6.45, 7) is 0.730. The Labute approximate surface area is 105 Å². The van der Waals surface area contributed by atoms with Gasteiger partial charge < -0.3 is 11.1 Å². The molecule has 0 aliphatic rings. The van der Waals surface area contributed by atoms with E-state index in [2.05, 4.69) is 15.3 Å². The van der Waals surface area contributed by atoms with Gasteiger partial charge in [0.15, 0.2) is 5.69 Å². The molecule has 2 rings (SSSR count). The van der Waals surface area contributed by atoms with Crippen LogP contribution in [0, 0.1) is 11.3 Å². The first-order valence-electron chi connectivity index (χ1n) is 5.59. The van der Waals surface area contributed by atoms with Crippen LogP contribution >= 0.6 is 0 Å². The van der Waals surface area contributed by atoms with Gasteiger partial charge in [0.1, 0.15) is 11.9 Å². The summed E-state index contributed by atoms with van der Waals surface area (Å²) < 4.78 is 0. The van der Waals surface area contributed by atoms with Gasteiger partial charge in [-0.25, -0.2) is 4.98 Å². The predicted molar refractivity (Wildman–Crippen MR) is 69.8 cm³/mol. The van der Waals surface area contributed by atoms with Crippen molar-refractivity contribution < 1.29 is 0 Å².